The second-order valence-electron chi connectivity index (χ2n) is 5.00. The highest BCUT2D eigenvalue weighted by Crippen LogP contribution is 2.27. The number of hydrogen-bond acceptors (Lipinski definition) is 4. The van der Waals surface area contributed by atoms with Crippen molar-refractivity contribution in [3.05, 3.63) is 34.6 Å². The highest BCUT2D eigenvalue weighted by atomic mass is 35.5. The SMILES string of the molecule is Cc1cc(Cl)cc(-c2nc(C3CCNCC3)no2)c1. The first kappa shape index (κ1) is 12.6. The number of halogens is 1. The van der Waals surface area contributed by atoms with Gasteiger partial charge in [-0.3, -0.25) is 0 Å². The summed E-state index contributed by atoms with van der Waals surface area (Å²) in [6.45, 7) is 4.04. The van der Waals surface area contributed by atoms with Gasteiger partial charge in [0.15, 0.2) is 5.82 Å². The first-order chi connectivity index (χ1) is 9.22. The van der Waals surface area contributed by atoms with Crippen LogP contribution in [0.5, 0.6) is 0 Å². The molecule has 0 atom stereocenters. The Labute approximate surface area is 117 Å². The van der Waals surface area contributed by atoms with Crippen molar-refractivity contribution in [1.29, 1.82) is 0 Å². The minimum atomic E-state index is 0.402. The van der Waals surface area contributed by atoms with Crippen LogP contribution >= 0.6 is 11.6 Å². The van der Waals surface area contributed by atoms with Crippen LogP contribution < -0.4 is 5.32 Å². The van der Waals surface area contributed by atoms with E-state index in [0.29, 0.717) is 16.8 Å². The molecule has 1 aliphatic rings. The average molecular weight is 278 g/mol. The van der Waals surface area contributed by atoms with E-state index < -0.39 is 0 Å². The van der Waals surface area contributed by atoms with Crippen molar-refractivity contribution in [2.24, 2.45) is 0 Å². The molecule has 0 amide bonds. The Morgan fingerprint density at radius 3 is 2.79 bits per heavy atom. The molecule has 0 unspecified atom stereocenters. The third-order valence-electron chi connectivity index (χ3n) is 3.44. The van der Waals surface area contributed by atoms with Gasteiger partial charge in [0.1, 0.15) is 0 Å². The zero-order valence-electron chi connectivity index (χ0n) is 10.8. The van der Waals surface area contributed by atoms with Gasteiger partial charge in [-0.05, 0) is 56.6 Å². The largest absolute Gasteiger partial charge is 0.334 e. The normalized spacial score (nSPS) is 16.7. The van der Waals surface area contributed by atoms with Crippen LogP contribution in [0.2, 0.25) is 5.02 Å². The van der Waals surface area contributed by atoms with E-state index in [-0.39, 0.29) is 0 Å². The number of aryl methyl sites for hydroxylation is 1. The molecular weight excluding hydrogens is 262 g/mol. The van der Waals surface area contributed by atoms with Crippen molar-refractivity contribution >= 4 is 11.6 Å². The smallest absolute Gasteiger partial charge is 0.257 e. The Morgan fingerprint density at radius 2 is 2.05 bits per heavy atom. The summed E-state index contributed by atoms with van der Waals surface area (Å²) in [4.78, 5) is 4.52. The molecule has 3 rings (SSSR count). The monoisotopic (exact) mass is 277 g/mol. The topological polar surface area (TPSA) is 51.0 Å². The van der Waals surface area contributed by atoms with Gasteiger partial charge in [-0.15, -0.1) is 0 Å². The highest BCUT2D eigenvalue weighted by Gasteiger charge is 2.21. The lowest BCUT2D eigenvalue weighted by molar-refractivity contribution is 0.392. The van der Waals surface area contributed by atoms with Crippen molar-refractivity contribution < 1.29 is 4.52 Å². The molecule has 2 aromatic rings. The summed E-state index contributed by atoms with van der Waals surface area (Å²) in [6, 6.07) is 5.77. The molecule has 1 saturated heterocycles. The van der Waals surface area contributed by atoms with Crippen molar-refractivity contribution in [3.63, 3.8) is 0 Å². The quantitative estimate of drug-likeness (QED) is 0.916. The molecule has 4 nitrogen and oxygen atoms in total. The number of piperidine rings is 1. The van der Waals surface area contributed by atoms with Crippen LogP contribution in [0, 0.1) is 6.92 Å². The number of hydrogen-bond donors (Lipinski definition) is 1. The molecule has 1 fully saturated rings. The maximum absolute atomic E-state index is 6.06. The highest BCUT2D eigenvalue weighted by molar-refractivity contribution is 6.30. The molecule has 0 saturated carbocycles. The fourth-order valence-corrected chi connectivity index (χ4v) is 2.75. The molecule has 0 radical (unpaired) electrons. The Morgan fingerprint density at radius 1 is 1.26 bits per heavy atom. The predicted molar refractivity (Wildman–Crippen MR) is 74.3 cm³/mol. The summed E-state index contributed by atoms with van der Waals surface area (Å²) in [6.07, 6.45) is 2.13. The Bertz CT molecular complexity index is 556. The van der Waals surface area contributed by atoms with Gasteiger partial charge in [-0.2, -0.15) is 4.98 Å². The van der Waals surface area contributed by atoms with E-state index >= 15 is 0 Å². The molecular formula is C14H16ClN3O. The summed E-state index contributed by atoms with van der Waals surface area (Å²) in [5.74, 6) is 1.77. The van der Waals surface area contributed by atoms with E-state index in [9.17, 15) is 0 Å². The van der Waals surface area contributed by atoms with E-state index in [0.717, 1.165) is 42.9 Å². The molecule has 0 aliphatic carbocycles. The summed E-state index contributed by atoms with van der Waals surface area (Å²) >= 11 is 6.06. The Hall–Kier alpha value is -1.39. The Kier molecular flexibility index (Phi) is 3.53. The van der Waals surface area contributed by atoms with Gasteiger partial charge in [0.25, 0.3) is 5.89 Å². The fraction of sp³-hybridized carbons (Fsp3) is 0.429. The first-order valence-corrected chi connectivity index (χ1v) is 6.92. The predicted octanol–water partition coefficient (Wildman–Crippen LogP) is 3.17. The zero-order chi connectivity index (χ0) is 13.2. The fourth-order valence-electron chi connectivity index (χ4n) is 2.46. The summed E-state index contributed by atoms with van der Waals surface area (Å²) < 4.78 is 5.37. The molecule has 0 spiro atoms. The lowest BCUT2D eigenvalue weighted by Gasteiger charge is -2.18. The van der Waals surface area contributed by atoms with Gasteiger partial charge in [0.05, 0.1) is 0 Å². The molecule has 1 aromatic heterocycles. The van der Waals surface area contributed by atoms with Gasteiger partial charge >= 0.3 is 0 Å². The van der Waals surface area contributed by atoms with Gasteiger partial charge < -0.3 is 9.84 Å². The van der Waals surface area contributed by atoms with Crippen LogP contribution in [0.3, 0.4) is 0 Å². The third-order valence-corrected chi connectivity index (χ3v) is 3.65. The van der Waals surface area contributed by atoms with E-state index in [1.165, 1.54) is 0 Å². The molecule has 5 heteroatoms. The van der Waals surface area contributed by atoms with Crippen LogP contribution in [-0.4, -0.2) is 23.2 Å². The molecule has 100 valence electrons. The second kappa shape index (κ2) is 5.31. The van der Waals surface area contributed by atoms with Gasteiger partial charge in [0, 0.05) is 16.5 Å². The van der Waals surface area contributed by atoms with Crippen molar-refractivity contribution in [3.8, 4) is 11.5 Å². The molecule has 2 heterocycles. The number of aromatic nitrogens is 2. The number of benzene rings is 1. The lowest BCUT2D eigenvalue weighted by Crippen LogP contribution is -2.27. The standard InChI is InChI=1S/C14H16ClN3O/c1-9-6-11(8-12(15)7-9)14-17-13(18-19-14)10-2-4-16-5-3-10/h6-8,10,16H,2-5H2,1H3. The molecule has 1 aromatic carbocycles. The van der Waals surface area contributed by atoms with Crippen LogP contribution in [0.4, 0.5) is 0 Å². The van der Waals surface area contributed by atoms with Crippen molar-refractivity contribution in [2.75, 3.05) is 13.1 Å². The summed E-state index contributed by atoms with van der Waals surface area (Å²) in [5, 5.41) is 8.14. The second-order valence-corrected chi connectivity index (χ2v) is 5.44. The number of nitrogens with one attached hydrogen (secondary N) is 1. The van der Waals surface area contributed by atoms with Crippen molar-refractivity contribution in [2.45, 2.75) is 25.7 Å². The molecule has 1 aliphatic heterocycles. The number of nitrogens with zero attached hydrogens (tertiary/aromatic N) is 2. The summed E-state index contributed by atoms with van der Waals surface area (Å²) in [5.41, 5.74) is 1.97. The molecule has 19 heavy (non-hydrogen) atoms. The van der Waals surface area contributed by atoms with Gasteiger partial charge in [-0.1, -0.05) is 16.8 Å². The van der Waals surface area contributed by atoms with E-state index in [1.807, 2.05) is 25.1 Å². The van der Waals surface area contributed by atoms with Crippen LogP contribution in [-0.2, 0) is 0 Å². The minimum Gasteiger partial charge on any atom is -0.334 e. The zero-order valence-corrected chi connectivity index (χ0v) is 11.6. The van der Waals surface area contributed by atoms with Gasteiger partial charge in [0.2, 0.25) is 0 Å². The number of rotatable bonds is 2. The van der Waals surface area contributed by atoms with E-state index in [4.69, 9.17) is 16.1 Å². The van der Waals surface area contributed by atoms with Gasteiger partial charge in [-0.25, -0.2) is 0 Å². The molecule has 0 bridgehead atoms. The van der Waals surface area contributed by atoms with Crippen LogP contribution in [0.1, 0.15) is 30.1 Å². The summed E-state index contributed by atoms with van der Waals surface area (Å²) in [7, 11) is 0. The van der Waals surface area contributed by atoms with E-state index in [1.54, 1.807) is 0 Å². The average Bonchev–Trinajstić information content (AvgIpc) is 2.88. The molecule has 1 N–H and O–H groups in total. The third kappa shape index (κ3) is 2.80. The van der Waals surface area contributed by atoms with E-state index in [2.05, 4.69) is 15.5 Å². The minimum absolute atomic E-state index is 0.402. The van der Waals surface area contributed by atoms with Crippen molar-refractivity contribution in [1.82, 2.24) is 15.5 Å². The Balaban J connectivity index is 1.87. The van der Waals surface area contributed by atoms with Crippen LogP contribution in [0.25, 0.3) is 11.5 Å². The maximum atomic E-state index is 6.06. The maximum Gasteiger partial charge on any atom is 0.257 e. The van der Waals surface area contributed by atoms with Crippen LogP contribution in [0.15, 0.2) is 22.7 Å². The lowest BCUT2D eigenvalue weighted by atomic mass is 9.98. The first-order valence-electron chi connectivity index (χ1n) is 6.54.